The Bertz CT molecular complexity index is 512. The molecule has 0 N–H and O–H groups in total. The molecule has 0 spiro atoms. The number of hydrogen-bond acceptors (Lipinski definition) is 4. The molecule has 1 heterocycles. The van der Waals surface area contributed by atoms with Gasteiger partial charge in [0, 0.05) is 5.88 Å². The van der Waals surface area contributed by atoms with Crippen LogP contribution in [-0.2, 0) is 19.0 Å². The standard InChI is InChI=1S/C13H17ClO4S/c1-10-2-6-13(7-3-10)19(15,16)17-9-12-5-4-11(8-14)18-12/h2-3,6-7,11-12H,4-5,8-9H2,1H3/t11-,12+/m0/s1. The van der Waals surface area contributed by atoms with Crippen LogP contribution in [0.5, 0.6) is 0 Å². The SMILES string of the molecule is Cc1ccc(S(=O)(=O)OC[C@H]2CC[C@@H](CCl)O2)cc1. The van der Waals surface area contributed by atoms with Crippen molar-refractivity contribution in [2.45, 2.75) is 36.9 Å². The largest absolute Gasteiger partial charge is 0.371 e. The monoisotopic (exact) mass is 304 g/mol. The van der Waals surface area contributed by atoms with Crippen LogP contribution in [0.2, 0.25) is 0 Å². The van der Waals surface area contributed by atoms with E-state index >= 15 is 0 Å². The zero-order chi connectivity index (χ0) is 13.9. The van der Waals surface area contributed by atoms with E-state index in [1.165, 1.54) is 0 Å². The summed E-state index contributed by atoms with van der Waals surface area (Å²) < 4.78 is 34.5. The predicted octanol–water partition coefficient (Wildman–Crippen LogP) is 2.49. The molecular weight excluding hydrogens is 288 g/mol. The van der Waals surface area contributed by atoms with E-state index in [1.54, 1.807) is 24.3 Å². The molecule has 0 amide bonds. The molecule has 1 fully saturated rings. The molecule has 1 aliphatic heterocycles. The van der Waals surface area contributed by atoms with Crippen molar-refractivity contribution < 1.29 is 17.3 Å². The van der Waals surface area contributed by atoms with Gasteiger partial charge in [0.2, 0.25) is 0 Å². The zero-order valence-electron chi connectivity index (χ0n) is 10.7. The minimum atomic E-state index is -3.70. The highest BCUT2D eigenvalue weighted by Gasteiger charge is 2.27. The topological polar surface area (TPSA) is 52.6 Å². The van der Waals surface area contributed by atoms with Crippen LogP contribution in [0.3, 0.4) is 0 Å². The molecule has 0 saturated carbocycles. The summed E-state index contributed by atoms with van der Waals surface area (Å²) in [6.07, 6.45) is 1.45. The van der Waals surface area contributed by atoms with Crippen LogP contribution in [0, 0.1) is 6.92 Å². The van der Waals surface area contributed by atoms with E-state index in [-0.39, 0.29) is 23.7 Å². The lowest BCUT2D eigenvalue weighted by Gasteiger charge is -2.12. The van der Waals surface area contributed by atoms with Gasteiger partial charge in [-0.25, -0.2) is 0 Å². The Morgan fingerprint density at radius 2 is 1.89 bits per heavy atom. The number of benzene rings is 1. The smallest absolute Gasteiger partial charge is 0.297 e. The highest BCUT2D eigenvalue weighted by Crippen LogP contribution is 2.22. The van der Waals surface area contributed by atoms with Crippen LogP contribution in [0.25, 0.3) is 0 Å². The third-order valence-corrected chi connectivity index (χ3v) is 4.73. The lowest BCUT2D eigenvalue weighted by atomic mass is 10.2. The summed E-state index contributed by atoms with van der Waals surface area (Å²) in [5.41, 5.74) is 1.00. The van der Waals surface area contributed by atoms with Gasteiger partial charge in [-0.2, -0.15) is 8.42 Å². The Kier molecular flexibility index (Phi) is 4.84. The van der Waals surface area contributed by atoms with Crippen LogP contribution in [-0.4, -0.2) is 33.1 Å². The first-order chi connectivity index (χ1) is 9.01. The summed E-state index contributed by atoms with van der Waals surface area (Å²) in [7, 11) is -3.70. The van der Waals surface area contributed by atoms with Crippen molar-refractivity contribution in [1.29, 1.82) is 0 Å². The van der Waals surface area contributed by atoms with Crippen molar-refractivity contribution in [3.05, 3.63) is 29.8 Å². The van der Waals surface area contributed by atoms with Crippen molar-refractivity contribution >= 4 is 21.7 Å². The van der Waals surface area contributed by atoms with E-state index < -0.39 is 10.1 Å². The van der Waals surface area contributed by atoms with Gasteiger partial charge in [-0.15, -0.1) is 11.6 Å². The molecule has 1 aromatic carbocycles. The summed E-state index contributed by atoms with van der Waals surface area (Å²) in [4.78, 5) is 0.171. The van der Waals surface area contributed by atoms with Crippen molar-refractivity contribution in [2.75, 3.05) is 12.5 Å². The summed E-state index contributed by atoms with van der Waals surface area (Å²) in [6.45, 7) is 1.94. The number of hydrogen-bond donors (Lipinski definition) is 0. The van der Waals surface area contributed by atoms with Gasteiger partial charge < -0.3 is 4.74 Å². The molecule has 0 bridgehead atoms. The Balaban J connectivity index is 1.93. The Morgan fingerprint density at radius 1 is 1.26 bits per heavy atom. The van der Waals surface area contributed by atoms with Gasteiger partial charge in [0.1, 0.15) is 0 Å². The molecule has 106 valence electrons. The highest BCUT2D eigenvalue weighted by atomic mass is 35.5. The van der Waals surface area contributed by atoms with Gasteiger partial charge in [0.25, 0.3) is 10.1 Å². The fourth-order valence-corrected chi connectivity index (χ4v) is 3.12. The molecule has 4 nitrogen and oxygen atoms in total. The molecule has 0 aromatic heterocycles. The second kappa shape index (κ2) is 6.22. The second-order valence-corrected chi connectivity index (χ2v) is 6.59. The lowest BCUT2D eigenvalue weighted by Crippen LogP contribution is -2.20. The molecule has 19 heavy (non-hydrogen) atoms. The van der Waals surface area contributed by atoms with Crippen LogP contribution in [0.1, 0.15) is 18.4 Å². The zero-order valence-corrected chi connectivity index (χ0v) is 12.3. The maximum Gasteiger partial charge on any atom is 0.297 e. The Labute approximate surface area is 118 Å². The van der Waals surface area contributed by atoms with Gasteiger partial charge in [-0.1, -0.05) is 17.7 Å². The predicted molar refractivity (Wildman–Crippen MR) is 72.9 cm³/mol. The first kappa shape index (κ1) is 14.8. The van der Waals surface area contributed by atoms with E-state index in [0.717, 1.165) is 18.4 Å². The molecule has 6 heteroatoms. The van der Waals surface area contributed by atoms with Crippen LogP contribution in [0.4, 0.5) is 0 Å². The first-order valence-corrected chi connectivity index (χ1v) is 8.13. The fourth-order valence-electron chi connectivity index (χ4n) is 1.95. The summed E-state index contributed by atoms with van der Waals surface area (Å²) >= 11 is 5.69. The van der Waals surface area contributed by atoms with Gasteiger partial charge in [-0.05, 0) is 31.9 Å². The number of aryl methyl sites for hydroxylation is 1. The number of ether oxygens (including phenoxy) is 1. The van der Waals surface area contributed by atoms with Crippen molar-refractivity contribution in [3.8, 4) is 0 Å². The minimum absolute atomic E-state index is 0.0114. The minimum Gasteiger partial charge on any atom is -0.371 e. The molecule has 0 radical (unpaired) electrons. The van der Waals surface area contributed by atoms with E-state index in [4.69, 9.17) is 20.5 Å². The molecule has 2 atom stereocenters. The molecule has 1 saturated heterocycles. The van der Waals surface area contributed by atoms with Gasteiger partial charge in [0.05, 0.1) is 23.7 Å². The van der Waals surface area contributed by atoms with Gasteiger partial charge in [0.15, 0.2) is 0 Å². The van der Waals surface area contributed by atoms with E-state index in [9.17, 15) is 8.42 Å². The van der Waals surface area contributed by atoms with Crippen molar-refractivity contribution in [2.24, 2.45) is 0 Å². The van der Waals surface area contributed by atoms with E-state index in [0.29, 0.717) is 5.88 Å². The van der Waals surface area contributed by atoms with Gasteiger partial charge in [-0.3, -0.25) is 4.18 Å². The normalized spacial score (nSPS) is 23.7. The summed E-state index contributed by atoms with van der Waals surface area (Å²) in [5, 5.41) is 0. The average Bonchev–Trinajstić information content (AvgIpc) is 2.85. The second-order valence-electron chi connectivity index (χ2n) is 4.66. The van der Waals surface area contributed by atoms with Crippen LogP contribution >= 0.6 is 11.6 Å². The third kappa shape index (κ3) is 3.92. The quantitative estimate of drug-likeness (QED) is 0.619. The van der Waals surface area contributed by atoms with Gasteiger partial charge >= 0.3 is 0 Å². The maximum absolute atomic E-state index is 11.9. The summed E-state index contributed by atoms with van der Waals surface area (Å²) in [5.74, 6) is 0.432. The Hall–Kier alpha value is -0.620. The molecule has 0 unspecified atom stereocenters. The molecular formula is C13H17ClO4S. The molecule has 1 aromatic rings. The van der Waals surface area contributed by atoms with Crippen LogP contribution in [0.15, 0.2) is 29.2 Å². The molecule has 0 aliphatic carbocycles. The van der Waals surface area contributed by atoms with E-state index in [1.807, 2.05) is 6.92 Å². The lowest BCUT2D eigenvalue weighted by molar-refractivity contribution is 0.0294. The Morgan fingerprint density at radius 3 is 2.47 bits per heavy atom. The number of halogens is 1. The maximum atomic E-state index is 11.9. The molecule has 2 rings (SSSR count). The summed E-state index contributed by atoms with van der Waals surface area (Å²) in [6, 6.07) is 6.57. The highest BCUT2D eigenvalue weighted by molar-refractivity contribution is 7.86. The first-order valence-electron chi connectivity index (χ1n) is 6.19. The van der Waals surface area contributed by atoms with Crippen molar-refractivity contribution in [3.63, 3.8) is 0 Å². The van der Waals surface area contributed by atoms with E-state index in [2.05, 4.69) is 0 Å². The number of rotatable bonds is 5. The third-order valence-electron chi connectivity index (χ3n) is 3.09. The fraction of sp³-hybridized carbons (Fsp3) is 0.538. The molecule has 1 aliphatic rings. The number of alkyl halides is 1. The van der Waals surface area contributed by atoms with Crippen LogP contribution < -0.4 is 0 Å². The van der Waals surface area contributed by atoms with Crippen molar-refractivity contribution in [1.82, 2.24) is 0 Å². The average molecular weight is 305 g/mol.